The van der Waals surface area contributed by atoms with Crippen molar-refractivity contribution in [3.63, 3.8) is 0 Å². The van der Waals surface area contributed by atoms with Gasteiger partial charge in [0.05, 0.1) is 13.2 Å². The maximum atomic E-state index is 13.7. The second-order valence-corrected chi connectivity index (χ2v) is 6.31. The fourth-order valence-corrected chi connectivity index (χ4v) is 3.51. The third-order valence-corrected chi connectivity index (χ3v) is 4.79. The molecule has 0 aromatic heterocycles. The van der Waals surface area contributed by atoms with Crippen molar-refractivity contribution in [1.82, 2.24) is 0 Å². The first-order valence-corrected chi connectivity index (χ1v) is 8.14. The van der Waals surface area contributed by atoms with Crippen LogP contribution in [0.25, 0.3) is 0 Å². The summed E-state index contributed by atoms with van der Waals surface area (Å²) in [4.78, 5) is 0. The lowest BCUT2D eigenvalue weighted by Gasteiger charge is -2.31. The second kappa shape index (κ2) is 7.79. The molecule has 1 aliphatic carbocycles. The Morgan fingerprint density at radius 1 is 1.29 bits per heavy atom. The van der Waals surface area contributed by atoms with Crippen molar-refractivity contribution in [1.29, 1.82) is 0 Å². The Labute approximate surface area is 127 Å². The van der Waals surface area contributed by atoms with Crippen molar-refractivity contribution in [3.05, 3.63) is 29.6 Å². The zero-order valence-electron chi connectivity index (χ0n) is 13.1. The Morgan fingerprint density at radius 2 is 2.00 bits per heavy atom. The van der Waals surface area contributed by atoms with Crippen molar-refractivity contribution in [2.45, 2.75) is 58.0 Å². The maximum Gasteiger partial charge on any atom is 0.165 e. The first-order chi connectivity index (χ1) is 10.1. The van der Waals surface area contributed by atoms with E-state index in [9.17, 15) is 9.50 Å². The third kappa shape index (κ3) is 4.44. The summed E-state index contributed by atoms with van der Waals surface area (Å²) >= 11 is 0. The predicted octanol–water partition coefficient (Wildman–Crippen LogP) is 4.34. The van der Waals surface area contributed by atoms with E-state index >= 15 is 0 Å². The monoisotopic (exact) mass is 294 g/mol. The van der Waals surface area contributed by atoms with Crippen LogP contribution < -0.4 is 4.74 Å². The number of hydrogen-bond acceptors (Lipinski definition) is 2. The number of methoxy groups -OCH3 is 1. The number of halogens is 1. The van der Waals surface area contributed by atoms with Gasteiger partial charge >= 0.3 is 0 Å². The van der Waals surface area contributed by atoms with Crippen LogP contribution in [-0.4, -0.2) is 18.3 Å². The van der Waals surface area contributed by atoms with Crippen LogP contribution in [0.15, 0.2) is 18.2 Å². The summed E-state index contributed by atoms with van der Waals surface area (Å²) in [6.07, 6.45) is 7.40. The normalized spacial score (nSPS) is 23.8. The lowest BCUT2D eigenvalue weighted by atomic mass is 9.77. The van der Waals surface area contributed by atoms with Gasteiger partial charge < -0.3 is 9.84 Å². The van der Waals surface area contributed by atoms with Gasteiger partial charge in [-0.3, -0.25) is 0 Å². The van der Waals surface area contributed by atoms with Crippen molar-refractivity contribution in [2.75, 3.05) is 7.11 Å². The smallest absolute Gasteiger partial charge is 0.165 e. The van der Waals surface area contributed by atoms with Crippen LogP contribution in [-0.2, 0) is 6.42 Å². The van der Waals surface area contributed by atoms with Gasteiger partial charge in [0, 0.05) is 0 Å². The highest BCUT2D eigenvalue weighted by Gasteiger charge is 2.26. The molecule has 1 N–H and O–H groups in total. The molecule has 2 nitrogen and oxygen atoms in total. The molecule has 1 aliphatic rings. The number of ether oxygens (including phenoxy) is 1. The minimum atomic E-state index is -0.361. The first kappa shape index (κ1) is 16.3. The lowest BCUT2D eigenvalue weighted by molar-refractivity contribution is 0.0727. The van der Waals surface area contributed by atoms with E-state index in [2.05, 4.69) is 6.92 Å². The number of benzene rings is 1. The van der Waals surface area contributed by atoms with Crippen LogP contribution in [0.3, 0.4) is 0 Å². The van der Waals surface area contributed by atoms with E-state index in [1.165, 1.54) is 38.9 Å². The van der Waals surface area contributed by atoms with Gasteiger partial charge in [-0.15, -0.1) is 0 Å². The largest absolute Gasteiger partial charge is 0.494 e. The molecule has 1 atom stereocenters. The van der Waals surface area contributed by atoms with Crippen LogP contribution in [0.2, 0.25) is 0 Å². The lowest BCUT2D eigenvalue weighted by Crippen LogP contribution is -2.27. The Kier molecular flexibility index (Phi) is 6.04. The van der Waals surface area contributed by atoms with Gasteiger partial charge in [0.25, 0.3) is 0 Å². The number of hydrogen-bond donors (Lipinski definition) is 1. The topological polar surface area (TPSA) is 29.5 Å². The first-order valence-electron chi connectivity index (χ1n) is 8.14. The molecule has 0 radical (unpaired) electrons. The van der Waals surface area contributed by atoms with Gasteiger partial charge in [-0.1, -0.05) is 38.7 Å². The second-order valence-electron chi connectivity index (χ2n) is 6.31. The Bertz CT molecular complexity index is 439. The summed E-state index contributed by atoms with van der Waals surface area (Å²) < 4.78 is 18.6. The van der Waals surface area contributed by atoms with Crippen molar-refractivity contribution >= 4 is 0 Å². The van der Waals surface area contributed by atoms with Gasteiger partial charge in [0.15, 0.2) is 11.6 Å². The summed E-state index contributed by atoms with van der Waals surface area (Å²) in [6, 6.07) is 4.95. The molecule has 0 spiro atoms. The average molecular weight is 294 g/mol. The highest BCUT2D eigenvalue weighted by atomic mass is 19.1. The molecule has 3 heteroatoms. The molecule has 1 saturated carbocycles. The predicted molar refractivity (Wildman–Crippen MR) is 83.0 cm³/mol. The zero-order chi connectivity index (χ0) is 15.2. The summed E-state index contributed by atoms with van der Waals surface area (Å²) in [5, 5.41) is 10.4. The fourth-order valence-electron chi connectivity index (χ4n) is 3.51. The zero-order valence-corrected chi connectivity index (χ0v) is 13.1. The number of aliphatic hydroxyl groups excluding tert-OH is 1. The van der Waals surface area contributed by atoms with Gasteiger partial charge in [-0.25, -0.2) is 4.39 Å². The molecular formula is C18H27FO2. The van der Waals surface area contributed by atoms with E-state index in [1.54, 1.807) is 6.07 Å². The number of aliphatic hydroxyl groups is 1. The molecule has 0 amide bonds. The fraction of sp³-hybridized carbons (Fsp3) is 0.667. The minimum absolute atomic E-state index is 0.258. The highest BCUT2D eigenvalue weighted by molar-refractivity contribution is 5.29. The van der Waals surface area contributed by atoms with Crippen LogP contribution >= 0.6 is 0 Å². The summed E-state index contributed by atoms with van der Waals surface area (Å²) in [7, 11) is 1.46. The molecule has 0 saturated heterocycles. The quantitative estimate of drug-likeness (QED) is 0.845. The van der Waals surface area contributed by atoms with Gasteiger partial charge in [0.1, 0.15) is 0 Å². The Balaban J connectivity index is 1.87. The summed E-state index contributed by atoms with van der Waals surface area (Å²) in [5.41, 5.74) is 0.844. The van der Waals surface area contributed by atoms with Crippen molar-refractivity contribution in [2.24, 2.45) is 11.8 Å². The molecule has 0 aliphatic heterocycles. The molecular weight excluding hydrogens is 267 g/mol. The van der Waals surface area contributed by atoms with Gasteiger partial charge in [0.2, 0.25) is 0 Å². The molecule has 0 heterocycles. The van der Waals surface area contributed by atoms with E-state index in [1.807, 2.05) is 6.07 Å². The standard InChI is InChI=1S/C18H27FO2/c1-3-4-13-5-8-15(9-6-13)17(20)12-14-7-10-18(21-2)16(19)11-14/h7,10-11,13,15,17,20H,3-6,8-9,12H2,1-2H3. The van der Waals surface area contributed by atoms with Crippen LogP contribution in [0, 0.1) is 17.7 Å². The van der Waals surface area contributed by atoms with E-state index < -0.39 is 0 Å². The Hall–Kier alpha value is -1.09. The van der Waals surface area contributed by atoms with Crippen LogP contribution in [0.5, 0.6) is 5.75 Å². The van der Waals surface area contributed by atoms with E-state index in [-0.39, 0.29) is 17.7 Å². The molecule has 1 fully saturated rings. The highest BCUT2D eigenvalue weighted by Crippen LogP contribution is 2.34. The van der Waals surface area contributed by atoms with E-state index in [4.69, 9.17) is 4.74 Å². The summed E-state index contributed by atoms with van der Waals surface area (Å²) in [6.45, 7) is 2.24. The molecule has 118 valence electrons. The number of rotatable bonds is 6. The average Bonchev–Trinajstić information content (AvgIpc) is 2.48. The Morgan fingerprint density at radius 3 is 2.57 bits per heavy atom. The molecule has 21 heavy (non-hydrogen) atoms. The minimum Gasteiger partial charge on any atom is -0.494 e. The molecule has 1 aromatic rings. The van der Waals surface area contributed by atoms with Crippen LogP contribution in [0.4, 0.5) is 4.39 Å². The van der Waals surface area contributed by atoms with Crippen molar-refractivity contribution < 1.29 is 14.2 Å². The van der Waals surface area contributed by atoms with E-state index in [0.29, 0.717) is 12.3 Å². The molecule has 0 bridgehead atoms. The van der Waals surface area contributed by atoms with Crippen molar-refractivity contribution in [3.8, 4) is 5.75 Å². The van der Waals surface area contributed by atoms with E-state index in [0.717, 1.165) is 24.3 Å². The summed E-state index contributed by atoms with van der Waals surface area (Å²) in [5.74, 6) is 1.11. The van der Waals surface area contributed by atoms with Crippen LogP contribution in [0.1, 0.15) is 51.0 Å². The maximum absolute atomic E-state index is 13.7. The molecule has 1 unspecified atom stereocenters. The molecule has 2 rings (SSSR count). The third-order valence-electron chi connectivity index (χ3n) is 4.79. The molecule has 1 aromatic carbocycles. The van der Waals surface area contributed by atoms with Gasteiger partial charge in [-0.2, -0.15) is 0 Å². The SMILES string of the molecule is CCCC1CCC(C(O)Cc2ccc(OC)c(F)c2)CC1. The van der Waals surface area contributed by atoms with Gasteiger partial charge in [-0.05, 0) is 48.8 Å².